The molecule has 1 aliphatic carbocycles. The van der Waals surface area contributed by atoms with Crippen molar-refractivity contribution in [3.8, 4) is 0 Å². The molecule has 0 aromatic heterocycles. The van der Waals surface area contributed by atoms with E-state index in [9.17, 15) is 9.59 Å². The van der Waals surface area contributed by atoms with Crippen LogP contribution in [-0.2, 0) is 14.3 Å². The molecular weight excluding hydrogens is 218 g/mol. The van der Waals surface area contributed by atoms with Gasteiger partial charge in [-0.05, 0) is 19.3 Å². The molecule has 0 N–H and O–H groups in total. The summed E-state index contributed by atoms with van der Waals surface area (Å²) in [6, 6.07) is 0. The van der Waals surface area contributed by atoms with Crippen molar-refractivity contribution in [3.05, 3.63) is 0 Å². The predicted octanol–water partition coefficient (Wildman–Crippen LogP) is 1.98. The standard InChI is InChI=1S/C13H23NO3/c1-3-4-5-9-14(10-8-12(15)17-2)13(16)11-6-7-11/h11H,3-10H2,1-2H3. The van der Waals surface area contributed by atoms with Gasteiger partial charge in [0.25, 0.3) is 0 Å². The highest BCUT2D eigenvalue weighted by Gasteiger charge is 2.33. The Balaban J connectivity index is 2.34. The summed E-state index contributed by atoms with van der Waals surface area (Å²) in [5.41, 5.74) is 0. The summed E-state index contributed by atoms with van der Waals surface area (Å²) in [6.45, 7) is 3.42. The Morgan fingerprint density at radius 3 is 2.47 bits per heavy atom. The van der Waals surface area contributed by atoms with Crippen LogP contribution in [0.2, 0.25) is 0 Å². The molecule has 1 rings (SSSR count). The zero-order valence-corrected chi connectivity index (χ0v) is 10.9. The second-order valence-electron chi connectivity index (χ2n) is 4.63. The van der Waals surface area contributed by atoms with Crippen molar-refractivity contribution in [1.82, 2.24) is 4.90 Å². The largest absolute Gasteiger partial charge is 0.469 e. The van der Waals surface area contributed by atoms with Crippen LogP contribution in [0.3, 0.4) is 0 Å². The van der Waals surface area contributed by atoms with Crippen molar-refractivity contribution < 1.29 is 14.3 Å². The van der Waals surface area contributed by atoms with Gasteiger partial charge in [-0.3, -0.25) is 9.59 Å². The van der Waals surface area contributed by atoms with Gasteiger partial charge in [-0.15, -0.1) is 0 Å². The average molecular weight is 241 g/mol. The van der Waals surface area contributed by atoms with Gasteiger partial charge in [0.2, 0.25) is 5.91 Å². The van der Waals surface area contributed by atoms with E-state index in [1.807, 2.05) is 4.90 Å². The average Bonchev–Trinajstić information content (AvgIpc) is 3.16. The van der Waals surface area contributed by atoms with Crippen LogP contribution < -0.4 is 0 Å². The maximum absolute atomic E-state index is 12.0. The molecule has 0 aliphatic heterocycles. The molecule has 0 spiro atoms. The molecule has 17 heavy (non-hydrogen) atoms. The third kappa shape index (κ3) is 5.20. The number of ether oxygens (including phenoxy) is 1. The summed E-state index contributed by atoms with van der Waals surface area (Å²) < 4.78 is 4.61. The smallest absolute Gasteiger partial charge is 0.307 e. The fourth-order valence-electron chi connectivity index (χ4n) is 1.80. The third-order valence-electron chi connectivity index (χ3n) is 3.08. The molecule has 1 fully saturated rings. The first-order valence-corrected chi connectivity index (χ1v) is 6.54. The Labute approximate surface area is 103 Å². The van der Waals surface area contributed by atoms with E-state index in [4.69, 9.17) is 0 Å². The fourth-order valence-corrected chi connectivity index (χ4v) is 1.80. The first-order valence-electron chi connectivity index (χ1n) is 6.54. The van der Waals surface area contributed by atoms with Crippen molar-refractivity contribution in [1.29, 1.82) is 0 Å². The van der Waals surface area contributed by atoms with Gasteiger partial charge < -0.3 is 9.64 Å². The van der Waals surface area contributed by atoms with E-state index in [0.29, 0.717) is 13.0 Å². The van der Waals surface area contributed by atoms with Gasteiger partial charge in [0.05, 0.1) is 13.5 Å². The number of esters is 1. The van der Waals surface area contributed by atoms with Crippen LogP contribution in [0.5, 0.6) is 0 Å². The summed E-state index contributed by atoms with van der Waals surface area (Å²) in [5.74, 6) is 0.216. The highest BCUT2D eigenvalue weighted by atomic mass is 16.5. The van der Waals surface area contributed by atoms with Gasteiger partial charge in [0.1, 0.15) is 0 Å². The molecule has 4 nitrogen and oxygen atoms in total. The van der Waals surface area contributed by atoms with Crippen LogP contribution in [0, 0.1) is 5.92 Å². The van der Waals surface area contributed by atoms with E-state index in [2.05, 4.69) is 11.7 Å². The summed E-state index contributed by atoms with van der Waals surface area (Å²) >= 11 is 0. The Kier molecular flexibility index (Phi) is 6.01. The van der Waals surface area contributed by atoms with E-state index in [0.717, 1.165) is 38.6 Å². The van der Waals surface area contributed by atoms with Gasteiger partial charge in [0, 0.05) is 19.0 Å². The van der Waals surface area contributed by atoms with Crippen LogP contribution in [0.1, 0.15) is 45.4 Å². The summed E-state index contributed by atoms with van der Waals surface area (Å²) in [4.78, 5) is 24.9. The van der Waals surface area contributed by atoms with Crippen molar-refractivity contribution in [3.63, 3.8) is 0 Å². The first kappa shape index (κ1) is 14.0. The lowest BCUT2D eigenvalue weighted by molar-refractivity contribution is -0.142. The summed E-state index contributed by atoms with van der Waals surface area (Å²) in [5, 5.41) is 0. The zero-order chi connectivity index (χ0) is 12.7. The van der Waals surface area contributed by atoms with Crippen LogP contribution >= 0.6 is 0 Å². The van der Waals surface area contributed by atoms with E-state index >= 15 is 0 Å². The lowest BCUT2D eigenvalue weighted by Crippen LogP contribution is -2.35. The number of hydrogen-bond donors (Lipinski definition) is 0. The van der Waals surface area contributed by atoms with Gasteiger partial charge in [-0.25, -0.2) is 0 Å². The maximum Gasteiger partial charge on any atom is 0.307 e. The lowest BCUT2D eigenvalue weighted by atomic mass is 10.2. The Morgan fingerprint density at radius 2 is 1.94 bits per heavy atom. The summed E-state index contributed by atoms with van der Waals surface area (Å²) in [7, 11) is 1.38. The molecule has 98 valence electrons. The number of carbonyl (C=O) groups excluding carboxylic acids is 2. The number of amides is 1. The fraction of sp³-hybridized carbons (Fsp3) is 0.846. The van der Waals surface area contributed by atoms with E-state index in [1.165, 1.54) is 7.11 Å². The molecule has 1 amide bonds. The first-order chi connectivity index (χ1) is 8.19. The van der Waals surface area contributed by atoms with Gasteiger partial charge in [-0.1, -0.05) is 19.8 Å². The van der Waals surface area contributed by atoms with Crippen LogP contribution in [0.25, 0.3) is 0 Å². The van der Waals surface area contributed by atoms with Crippen molar-refractivity contribution in [2.45, 2.75) is 45.4 Å². The highest BCUT2D eigenvalue weighted by molar-refractivity contribution is 5.81. The number of methoxy groups -OCH3 is 1. The van der Waals surface area contributed by atoms with Crippen molar-refractivity contribution in [2.75, 3.05) is 20.2 Å². The van der Waals surface area contributed by atoms with Gasteiger partial charge >= 0.3 is 5.97 Å². The normalized spacial score (nSPS) is 14.5. The predicted molar refractivity (Wildman–Crippen MR) is 65.5 cm³/mol. The van der Waals surface area contributed by atoms with E-state index in [-0.39, 0.29) is 17.8 Å². The van der Waals surface area contributed by atoms with Crippen molar-refractivity contribution in [2.24, 2.45) is 5.92 Å². The summed E-state index contributed by atoms with van der Waals surface area (Å²) in [6.07, 6.45) is 5.63. The van der Waals surface area contributed by atoms with Gasteiger partial charge in [-0.2, -0.15) is 0 Å². The molecule has 0 heterocycles. The lowest BCUT2D eigenvalue weighted by Gasteiger charge is -2.22. The molecule has 0 unspecified atom stereocenters. The number of unbranched alkanes of at least 4 members (excludes halogenated alkanes) is 2. The van der Waals surface area contributed by atoms with Gasteiger partial charge in [0.15, 0.2) is 0 Å². The number of hydrogen-bond acceptors (Lipinski definition) is 3. The monoisotopic (exact) mass is 241 g/mol. The minimum absolute atomic E-state index is 0.227. The molecule has 0 aromatic rings. The minimum Gasteiger partial charge on any atom is -0.469 e. The number of nitrogens with zero attached hydrogens (tertiary/aromatic N) is 1. The molecular formula is C13H23NO3. The van der Waals surface area contributed by atoms with Crippen LogP contribution in [0.15, 0.2) is 0 Å². The molecule has 0 atom stereocenters. The minimum atomic E-state index is -0.242. The Bertz CT molecular complexity index is 261. The van der Waals surface area contributed by atoms with E-state index < -0.39 is 0 Å². The van der Waals surface area contributed by atoms with E-state index in [1.54, 1.807) is 0 Å². The number of carbonyl (C=O) groups is 2. The molecule has 0 saturated heterocycles. The maximum atomic E-state index is 12.0. The van der Waals surface area contributed by atoms with Crippen LogP contribution in [0.4, 0.5) is 0 Å². The molecule has 1 saturated carbocycles. The number of rotatable bonds is 8. The Hall–Kier alpha value is -1.06. The topological polar surface area (TPSA) is 46.6 Å². The quantitative estimate of drug-likeness (QED) is 0.482. The third-order valence-corrected chi connectivity index (χ3v) is 3.08. The second kappa shape index (κ2) is 7.30. The molecule has 0 aromatic carbocycles. The molecule has 0 radical (unpaired) electrons. The molecule has 0 bridgehead atoms. The molecule has 1 aliphatic rings. The molecule has 4 heteroatoms. The SMILES string of the molecule is CCCCCN(CCC(=O)OC)C(=O)C1CC1. The highest BCUT2D eigenvalue weighted by Crippen LogP contribution is 2.31. The van der Waals surface area contributed by atoms with Crippen molar-refractivity contribution >= 4 is 11.9 Å². The zero-order valence-electron chi connectivity index (χ0n) is 10.9. The second-order valence-corrected chi connectivity index (χ2v) is 4.63. The Morgan fingerprint density at radius 1 is 1.24 bits per heavy atom. The van der Waals surface area contributed by atoms with Crippen LogP contribution in [-0.4, -0.2) is 37.0 Å².